The van der Waals surface area contributed by atoms with Gasteiger partial charge in [0.05, 0.1) is 0 Å². The number of hydrogen-bond donors (Lipinski definition) is 0. The molecule has 1 saturated carbocycles. The van der Waals surface area contributed by atoms with Crippen LogP contribution >= 0.6 is 0 Å². The molecule has 1 heterocycles. The molecule has 0 saturated heterocycles. The number of furan rings is 1. The molecule has 0 radical (unpaired) electrons. The van der Waals surface area contributed by atoms with Crippen molar-refractivity contribution >= 4 is 16.8 Å². The zero-order chi connectivity index (χ0) is 12.7. The second-order valence-electron chi connectivity index (χ2n) is 5.27. The van der Waals surface area contributed by atoms with E-state index in [0.29, 0.717) is 22.6 Å². The highest BCUT2D eigenvalue weighted by molar-refractivity contribution is 5.99. The fourth-order valence-corrected chi connectivity index (χ4v) is 2.78. The van der Waals surface area contributed by atoms with Gasteiger partial charge in [-0.1, -0.05) is 6.92 Å². The maximum absolute atomic E-state index is 13.1. The number of rotatable bonds is 2. The summed E-state index contributed by atoms with van der Waals surface area (Å²) in [4.78, 5) is 12.3. The Morgan fingerprint density at radius 1 is 1.33 bits per heavy atom. The number of benzene rings is 1. The average Bonchev–Trinajstić information content (AvgIpc) is 2.93. The molecule has 1 aliphatic carbocycles. The van der Waals surface area contributed by atoms with E-state index in [9.17, 15) is 9.18 Å². The first-order chi connectivity index (χ1) is 8.63. The number of Topliss-reactive ketones (excluding diaryl/α,β-unsaturated/α-hetero) is 1. The molecule has 1 aromatic carbocycles. The highest BCUT2D eigenvalue weighted by Gasteiger charge is 2.29. The van der Waals surface area contributed by atoms with E-state index in [-0.39, 0.29) is 17.5 Å². The van der Waals surface area contributed by atoms with Crippen molar-refractivity contribution in [3.8, 4) is 0 Å². The summed E-state index contributed by atoms with van der Waals surface area (Å²) in [5, 5.41) is 0.657. The minimum absolute atomic E-state index is 0.0657. The highest BCUT2D eigenvalue weighted by Crippen LogP contribution is 2.33. The Balaban J connectivity index is 1.92. The molecule has 1 aromatic heterocycles. The summed E-state index contributed by atoms with van der Waals surface area (Å²) in [5.41, 5.74) is 0.575. The van der Waals surface area contributed by atoms with Gasteiger partial charge in [-0.2, -0.15) is 0 Å². The predicted molar refractivity (Wildman–Crippen MR) is 67.0 cm³/mol. The van der Waals surface area contributed by atoms with Crippen molar-refractivity contribution in [3.63, 3.8) is 0 Å². The molecular weight excluding hydrogens is 231 g/mol. The van der Waals surface area contributed by atoms with Crippen LogP contribution in [0.1, 0.15) is 36.7 Å². The lowest BCUT2D eigenvalue weighted by Crippen LogP contribution is -2.10. The van der Waals surface area contributed by atoms with Crippen LogP contribution in [0.2, 0.25) is 0 Å². The van der Waals surface area contributed by atoms with Crippen LogP contribution in [0, 0.1) is 17.7 Å². The van der Waals surface area contributed by atoms with Gasteiger partial charge in [-0.3, -0.25) is 4.79 Å². The SMILES string of the molecule is CC1CCC(C(=O)c2cc3cc(F)ccc3o2)C1. The van der Waals surface area contributed by atoms with Crippen LogP contribution in [0.5, 0.6) is 0 Å². The molecule has 18 heavy (non-hydrogen) atoms. The Bertz CT molecular complexity index is 600. The quantitative estimate of drug-likeness (QED) is 0.744. The molecule has 0 aliphatic heterocycles. The van der Waals surface area contributed by atoms with E-state index in [1.165, 1.54) is 12.1 Å². The van der Waals surface area contributed by atoms with Crippen molar-refractivity contribution in [2.24, 2.45) is 11.8 Å². The smallest absolute Gasteiger partial charge is 0.201 e. The molecule has 1 fully saturated rings. The van der Waals surface area contributed by atoms with Gasteiger partial charge in [0, 0.05) is 11.3 Å². The van der Waals surface area contributed by atoms with Gasteiger partial charge in [-0.25, -0.2) is 4.39 Å². The monoisotopic (exact) mass is 246 g/mol. The second-order valence-corrected chi connectivity index (χ2v) is 5.27. The van der Waals surface area contributed by atoms with E-state index in [2.05, 4.69) is 6.92 Å². The Morgan fingerprint density at radius 2 is 2.17 bits per heavy atom. The molecule has 3 heteroatoms. The van der Waals surface area contributed by atoms with Crippen LogP contribution in [0.4, 0.5) is 4.39 Å². The number of hydrogen-bond acceptors (Lipinski definition) is 2. The van der Waals surface area contributed by atoms with Gasteiger partial charge in [0.25, 0.3) is 0 Å². The number of halogens is 1. The maximum atomic E-state index is 13.1. The predicted octanol–water partition coefficient (Wildman–Crippen LogP) is 4.19. The molecule has 0 N–H and O–H groups in total. The van der Waals surface area contributed by atoms with Gasteiger partial charge in [-0.15, -0.1) is 0 Å². The van der Waals surface area contributed by atoms with Crippen molar-refractivity contribution in [3.05, 3.63) is 35.8 Å². The normalized spacial score (nSPS) is 23.7. The van der Waals surface area contributed by atoms with E-state index >= 15 is 0 Å². The largest absolute Gasteiger partial charge is 0.453 e. The fourth-order valence-electron chi connectivity index (χ4n) is 2.78. The van der Waals surface area contributed by atoms with E-state index in [1.54, 1.807) is 12.1 Å². The molecule has 0 bridgehead atoms. The maximum Gasteiger partial charge on any atom is 0.201 e. The van der Waals surface area contributed by atoms with E-state index < -0.39 is 0 Å². The Morgan fingerprint density at radius 3 is 2.89 bits per heavy atom. The summed E-state index contributed by atoms with van der Waals surface area (Å²) in [7, 11) is 0. The molecule has 0 amide bonds. The van der Waals surface area contributed by atoms with Gasteiger partial charge in [-0.05, 0) is 49.4 Å². The Labute approximate surface area is 105 Å². The third-order valence-electron chi connectivity index (χ3n) is 3.79. The van der Waals surface area contributed by atoms with Crippen molar-refractivity contribution in [1.82, 2.24) is 0 Å². The summed E-state index contributed by atoms with van der Waals surface area (Å²) in [6.45, 7) is 2.17. The molecule has 2 aromatic rings. The lowest BCUT2D eigenvalue weighted by molar-refractivity contribution is 0.0894. The first kappa shape index (κ1) is 11.5. The Hall–Kier alpha value is -1.64. The average molecular weight is 246 g/mol. The fraction of sp³-hybridized carbons (Fsp3) is 0.400. The minimum atomic E-state index is -0.309. The number of carbonyl (C=O) groups is 1. The molecule has 94 valence electrons. The molecule has 2 unspecified atom stereocenters. The highest BCUT2D eigenvalue weighted by atomic mass is 19.1. The van der Waals surface area contributed by atoms with E-state index in [0.717, 1.165) is 19.3 Å². The molecule has 3 rings (SSSR count). The van der Waals surface area contributed by atoms with Crippen LogP contribution in [-0.4, -0.2) is 5.78 Å². The molecular formula is C15H15FO2. The van der Waals surface area contributed by atoms with Crippen LogP contribution in [-0.2, 0) is 0 Å². The minimum Gasteiger partial charge on any atom is -0.453 e. The Kier molecular flexibility index (Phi) is 2.69. The lowest BCUT2D eigenvalue weighted by atomic mass is 9.99. The molecule has 2 nitrogen and oxygen atoms in total. The van der Waals surface area contributed by atoms with Crippen LogP contribution in [0.25, 0.3) is 11.0 Å². The second kappa shape index (κ2) is 4.23. The lowest BCUT2D eigenvalue weighted by Gasteiger charge is -2.04. The van der Waals surface area contributed by atoms with Crippen molar-refractivity contribution < 1.29 is 13.6 Å². The van der Waals surface area contributed by atoms with E-state index in [1.807, 2.05) is 0 Å². The summed E-state index contributed by atoms with van der Waals surface area (Å²) in [6, 6.07) is 5.97. The zero-order valence-electron chi connectivity index (χ0n) is 10.3. The molecule has 1 aliphatic rings. The number of ketones is 1. The van der Waals surface area contributed by atoms with Gasteiger partial charge >= 0.3 is 0 Å². The standard InChI is InChI=1S/C15H15FO2/c1-9-2-3-10(6-9)15(17)14-8-11-7-12(16)4-5-13(11)18-14/h4-5,7-10H,2-3,6H2,1H3. The third kappa shape index (κ3) is 1.94. The summed E-state index contributed by atoms with van der Waals surface area (Å²) in [6.07, 6.45) is 2.97. The zero-order valence-corrected chi connectivity index (χ0v) is 10.3. The van der Waals surface area contributed by atoms with Gasteiger partial charge in [0.15, 0.2) is 5.76 Å². The van der Waals surface area contributed by atoms with Crippen LogP contribution in [0.15, 0.2) is 28.7 Å². The van der Waals surface area contributed by atoms with E-state index in [4.69, 9.17) is 4.42 Å². The third-order valence-corrected chi connectivity index (χ3v) is 3.79. The van der Waals surface area contributed by atoms with Crippen LogP contribution in [0.3, 0.4) is 0 Å². The first-order valence-corrected chi connectivity index (χ1v) is 6.37. The van der Waals surface area contributed by atoms with Crippen molar-refractivity contribution in [1.29, 1.82) is 0 Å². The van der Waals surface area contributed by atoms with Crippen LogP contribution < -0.4 is 0 Å². The molecule has 2 atom stereocenters. The van der Waals surface area contributed by atoms with Crippen molar-refractivity contribution in [2.45, 2.75) is 26.2 Å². The number of carbonyl (C=O) groups excluding carboxylic acids is 1. The topological polar surface area (TPSA) is 30.2 Å². The van der Waals surface area contributed by atoms with Gasteiger partial charge in [0.1, 0.15) is 11.4 Å². The first-order valence-electron chi connectivity index (χ1n) is 6.37. The molecule has 0 spiro atoms. The van der Waals surface area contributed by atoms with Gasteiger partial charge in [0.2, 0.25) is 5.78 Å². The summed E-state index contributed by atoms with van der Waals surface area (Å²) >= 11 is 0. The van der Waals surface area contributed by atoms with Gasteiger partial charge < -0.3 is 4.42 Å². The van der Waals surface area contributed by atoms with Crippen molar-refractivity contribution in [2.75, 3.05) is 0 Å². The number of fused-ring (bicyclic) bond motifs is 1. The summed E-state index contributed by atoms with van der Waals surface area (Å²) < 4.78 is 18.6. The summed E-state index contributed by atoms with van der Waals surface area (Å²) in [5.74, 6) is 0.814.